The molecule has 32 heavy (non-hydrogen) atoms. The number of non-ortho nitro benzene ring substituents is 1. The van der Waals surface area contributed by atoms with Gasteiger partial charge in [0.1, 0.15) is 12.4 Å². The number of halogens is 1. The van der Waals surface area contributed by atoms with Gasteiger partial charge in [0, 0.05) is 17.7 Å². The topological polar surface area (TPSA) is 98.3 Å². The van der Waals surface area contributed by atoms with Gasteiger partial charge in [-0.05, 0) is 69.6 Å². The van der Waals surface area contributed by atoms with E-state index in [9.17, 15) is 10.1 Å². The van der Waals surface area contributed by atoms with Crippen molar-refractivity contribution in [1.29, 1.82) is 0 Å². The summed E-state index contributed by atoms with van der Waals surface area (Å²) in [5.41, 5.74) is 2.61. The van der Waals surface area contributed by atoms with E-state index in [1.54, 1.807) is 23.0 Å². The van der Waals surface area contributed by atoms with Crippen molar-refractivity contribution >= 4 is 40.0 Å². The minimum absolute atomic E-state index is 0.0479. The first kappa shape index (κ1) is 21.6. The maximum atomic E-state index is 10.8. The van der Waals surface area contributed by atoms with Crippen molar-refractivity contribution < 1.29 is 9.66 Å². The Balaban J connectivity index is 1.47. The monoisotopic (exact) mass is 509 g/mol. The summed E-state index contributed by atoms with van der Waals surface area (Å²) < 4.78 is 8.54. The van der Waals surface area contributed by atoms with Gasteiger partial charge in [0.15, 0.2) is 5.82 Å². The molecule has 0 unspecified atom stereocenters. The smallest absolute Gasteiger partial charge is 0.269 e. The third kappa shape index (κ3) is 4.98. The van der Waals surface area contributed by atoms with Crippen molar-refractivity contribution in [1.82, 2.24) is 14.9 Å². The molecular weight excluding hydrogens is 494 g/mol. The average Bonchev–Trinajstić information content (AvgIpc) is 3.18. The molecule has 1 heterocycles. The van der Waals surface area contributed by atoms with Gasteiger partial charge in [-0.2, -0.15) is 14.9 Å². The molecule has 0 atom stereocenters. The summed E-state index contributed by atoms with van der Waals surface area (Å²) in [7, 11) is 0. The number of benzene rings is 3. The molecule has 0 bridgehead atoms. The highest BCUT2D eigenvalue weighted by Crippen LogP contribution is 2.27. The largest absolute Gasteiger partial charge is 0.488 e. The number of nitrogens with zero attached hydrogens (tertiary/aromatic N) is 4. The Hall–Kier alpha value is -3.63. The number of aromatic amines is 1. The van der Waals surface area contributed by atoms with Crippen LogP contribution in [0.15, 0.2) is 82.4 Å². The van der Waals surface area contributed by atoms with Crippen LogP contribution < -0.4 is 4.74 Å². The van der Waals surface area contributed by atoms with Crippen molar-refractivity contribution in [3.05, 3.63) is 103 Å². The fourth-order valence-corrected chi connectivity index (χ4v) is 3.58. The van der Waals surface area contributed by atoms with Crippen LogP contribution in [-0.4, -0.2) is 26.0 Å². The third-order valence-electron chi connectivity index (χ3n) is 4.50. The summed E-state index contributed by atoms with van der Waals surface area (Å²) in [5, 5.41) is 22.3. The van der Waals surface area contributed by atoms with E-state index in [1.165, 1.54) is 12.1 Å². The lowest BCUT2D eigenvalue weighted by molar-refractivity contribution is -0.384. The summed E-state index contributed by atoms with van der Waals surface area (Å²) in [6, 6.07) is 21.5. The van der Waals surface area contributed by atoms with E-state index in [0.717, 1.165) is 21.2 Å². The number of hydrogen-bond donors (Lipinski definition) is 1. The van der Waals surface area contributed by atoms with Crippen molar-refractivity contribution in [2.75, 3.05) is 0 Å². The lowest BCUT2D eigenvalue weighted by Gasteiger charge is -2.09. The van der Waals surface area contributed by atoms with Gasteiger partial charge in [-0.1, -0.05) is 30.3 Å². The fraction of sp³-hybridized carbons (Fsp3) is 0.0455. The molecule has 1 aromatic heterocycles. The molecule has 4 aromatic rings. The van der Waals surface area contributed by atoms with Crippen LogP contribution in [-0.2, 0) is 6.61 Å². The number of nitro benzene ring substituents is 1. The summed E-state index contributed by atoms with van der Waals surface area (Å²) in [4.78, 5) is 10.3. The second-order valence-corrected chi connectivity index (χ2v) is 7.92. The molecule has 8 nitrogen and oxygen atoms in total. The minimum atomic E-state index is -0.430. The van der Waals surface area contributed by atoms with Gasteiger partial charge < -0.3 is 4.74 Å². The summed E-state index contributed by atoms with van der Waals surface area (Å²) in [6.45, 7) is 0.286. The molecule has 0 saturated heterocycles. The Morgan fingerprint density at radius 2 is 1.91 bits per heavy atom. The normalized spacial score (nSPS) is 11.0. The Morgan fingerprint density at radius 3 is 2.59 bits per heavy atom. The van der Waals surface area contributed by atoms with E-state index in [4.69, 9.17) is 17.0 Å². The summed E-state index contributed by atoms with van der Waals surface area (Å²) in [6.07, 6.45) is 1.68. The first-order valence-corrected chi connectivity index (χ1v) is 10.6. The molecule has 0 aliphatic heterocycles. The lowest BCUT2D eigenvalue weighted by Crippen LogP contribution is -1.98. The highest BCUT2D eigenvalue weighted by atomic mass is 79.9. The summed E-state index contributed by atoms with van der Waals surface area (Å²) in [5.74, 6) is 1.26. The SMILES string of the molecule is O=[N+]([O-])c1ccc(COc2ccc(/C=N\n3c(-c4ccccc4)n[nH]c3=S)cc2Br)cc1. The number of rotatable bonds is 7. The molecule has 0 saturated carbocycles. The molecule has 160 valence electrons. The van der Waals surface area contributed by atoms with Crippen LogP contribution in [0.2, 0.25) is 0 Å². The lowest BCUT2D eigenvalue weighted by atomic mass is 10.2. The number of nitro groups is 1. The molecule has 3 aromatic carbocycles. The van der Waals surface area contributed by atoms with Gasteiger partial charge >= 0.3 is 0 Å². The zero-order valence-corrected chi connectivity index (χ0v) is 18.9. The second kappa shape index (κ2) is 9.67. The molecule has 4 rings (SSSR count). The van der Waals surface area contributed by atoms with Crippen LogP contribution in [0.4, 0.5) is 5.69 Å². The fourth-order valence-electron chi connectivity index (χ4n) is 2.89. The highest BCUT2D eigenvalue weighted by molar-refractivity contribution is 9.10. The van der Waals surface area contributed by atoms with E-state index in [0.29, 0.717) is 16.3 Å². The number of ether oxygens (including phenoxy) is 1. The van der Waals surface area contributed by atoms with Crippen molar-refractivity contribution in [3.63, 3.8) is 0 Å². The van der Waals surface area contributed by atoms with Gasteiger partial charge in [-0.15, -0.1) is 0 Å². The van der Waals surface area contributed by atoms with E-state index in [1.807, 2.05) is 48.5 Å². The van der Waals surface area contributed by atoms with Crippen molar-refractivity contribution in [2.45, 2.75) is 6.61 Å². The van der Waals surface area contributed by atoms with E-state index in [2.05, 4.69) is 31.2 Å². The van der Waals surface area contributed by atoms with Crippen LogP contribution in [0.5, 0.6) is 5.75 Å². The summed E-state index contributed by atoms with van der Waals surface area (Å²) >= 11 is 8.82. The molecule has 0 radical (unpaired) electrons. The van der Waals surface area contributed by atoms with E-state index in [-0.39, 0.29) is 12.3 Å². The van der Waals surface area contributed by atoms with Gasteiger partial charge in [0.25, 0.3) is 5.69 Å². The first-order valence-electron chi connectivity index (χ1n) is 9.44. The molecule has 0 fully saturated rings. The Kier molecular flexibility index (Phi) is 6.52. The molecule has 0 amide bonds. The van der Waals surface area contributed by atoms with Gasteiger partial charge in [0.05, 0.1) is 15.6 Å². The van der Waals surface area contributed by atoms with Crippen LogP contribution in [0.3, 0.4) is 0 Å². The van der Waals surface area contributed by atoms with Crippen LogP contribution in [0.25, 0.3) is 11.4 Å². The third-order valence-corrected chi connectivity index (χ3v) is 5.39. The zero-order chi connectivity index (χ0) is 22.5. The Bertz CT molecular complexity index is 1330. The quantitative estimate of drug-likeness (QED) is 0.148. The molecule has 0 spiro atoms. The van der Waals surface area contributed by atoms with Gasteiger partial charge in [-0.25, -0.2) is 5.10 Å². The van der Waals surface area contributed by atoms with Gasteiger partial charge in [-0.3, -0.25) is 10.1 Å². The molecule has 0 aliphatic rings. The molecular formula is C22H16BrN5O3S. The standard InChI is InChI=1S/C22H16BrN5O3S/c23-19-12-16(8-11-20(19)31-14-15-6-9-18(10-7-15)28(29)30)13-24-27-21(25-26-22(27)32)17-4-2-1-3-5-17/h1-13H,14H2,(H,26,32)/b24-13-. The first-order chi connectivity index (χ1) is 15.5. The Morgan fingerprint density at radius 1 is 1.16 bits per heavy atom. The van der Waals surface area contributed by atoms with Crippen LogP contribution in [0.1, 0.15) is 11.1 Å². The molecule has 10 heteroatoms. The highest BCUT2D eigenvalue weighted by Gasteiger charge is 2.08. The maximum Gasteiger partial charge on any atom is 0.269 e. The van der Waals surface area contributed by atoms with E-state index < -0.39 is 4.92 Å². The van der Waals surface area contributed by atoms with Gasteiger partial charge in [0.2, 0.25) is 4.77 Å². The average molecular weight is 510 g/mol. The predicted octanol–water partition coefficient (Wildman–Crippen LogP) is 5.74. The van der Waals surface area contributed by atoms with E-state index >= 15 is 0 Å². The van der Waals surface area contributed by atoms with Crippen molar-refractivity contribution in [2.24, 2.45) is 5.10 Å². The maximum absolute atomic E-state index is 10.8. The number of H-pyrrole nitrogens is 1. The molecule has 0 aliphatic carbocycles. The predicted molar refractivity (Wildman–Crippen MR) is 127 cm³/mol. The number of aromatic nitrogens is 3. The van der Waals surface area contributed by atoms with Crippen LogP contribution in [0, 0.1) is 14.9 Å². The molecule has 1 N–H and O–H groups in total. The number of nitrogens with one attached hydrogen (secondary N) is 1. The number of hydrogen-bond acceptors (Lipinski definition) is 6. The minimum Gasteiger partial charge on any atom is -0.488 e. The second-order valence-electron chi connectivity index (χ2n) is 6.68. The van der Waals surface area contributed by atoms with Crippen molar-refractivity contribution in [3.8, 4) is 17.1 Å². The zero-order valence-electron chi connectivity index (χ0n) is 16.5. The Labute approximate surface area is 196 Å². The van der Waals surface area contributed by atoms with Crippen LogP contribution >= 0.6 is 28.1 Å².